The highest BCUT2D eigenvalue weighted by molar-refractivity contribution is 7.99. The highest BCUT2D eigenvalue weighted by Gasteiger charge is 2.14. The first-order valence-corrected chi connectivity index (χ1v) is 8.62. The van der Waals surface area contributed by atoms with Gasteiger partial charge in [0.25, 0.3) is 0 Å². The molecule has 2 rings (SSSR count). The van der Waals surface area contributed by atoms with E-state index in [-0.39, 0.29) is 17.4 Å². The lowest BCUT2D eigenvalue weighted by Gasteiger charge is -2.11. The van der Waals surface area contributed by atoms with Crippen LogP contribution in [0.4, 0.5) is 5.69 Å². The molecule has 0 fully saturated rings. The van der Waals surface area contributed by atoms with Crippen molar-refractivity contribution in [3.63, 3.8) is 0 Å². The van der Waals surface area contributed by atoms with Crippen LogP contribution in [0, 0.1) is 5.92 Å². The Bertz CT molecular complexity index is 670. The number of rotatable bonds is 7. The summed E-state index contributed by atoms with van der Waals surface area (Å²) in [4.78, 5) is 12.0. The molecule has 2 aromatic rings. The molecule has 0 saturated carbocycles. The van der Waals surface area contributed by atoms with Crippen molar-refractivity contribution in [3.8, 4) is 5.75 Å². The smallest absolute Gasteiger partial charge is 0.234 e. The molecule has 6 nitrogen and oxygen atoms in total. The third kappa shape index (κ3) is 4.72. The normalized spacial score (nSPS) is 11.0. The van der Waals surface area contributed by atoms with Crippen LogP contribution in [0.5, 0.6) is 5.75 Å². The number of nitrogens with one attached hydrogen (secondary N) is 1. The number of carbonyl (C=O) groups excluding carboxylic acids is 1. The molecular weight excluding hydrogens is 312 g/mol. The van der Waals surface area contributed by atoms with Gasteiger partial charge in [0, 0.05) is 13.0 Å². The van der Waals surface area contributed by atoms with E-state index in [2.05, 4.69) is 33.9 Å². The molecule has 2 N–H and O–H groups in total. The van der Waals surface area contributed by atoms with Gasteiger partial charge in [0.15, 0.2) is 5.16 Å². The number of aromatic hydroxyl groups is 1. The molecule has 0 radical (unpaired) electrons. The number of amides is 1. The zero-order chi connectivity index (χ0) is 16.8. The van der Waals surface area contributed by atoms with Crippen LogP contribution < -0.4 is 5.32 Å². The number of carbonyl (C=O) groups is 1. The van der Waals surface area contributed by atoms with Gasteiger partial charge < -0.3 is 15.0 Å². The number of phenolic OH excluding ortho intramolecular Hbond substituents is 1. The Morgan fingerprint density at radius 3 is 2.74 bits per heavy atom. The quantitative estimate of drug-likeness (QED) is 0.601. The van der Waals surface area contributed by atoms with Gasteiger partial charge in [-0.3, -0.25) is 4.79 Å². The molecule has 0 aliphatic carbocycles. The number of phenols is 1. The Morgan fingerprint density at radius 2 is 2.09 bits per heavy atom. The van der Waals surface area contributed by atoms with Crippen molar-refractivity contribution >= 4 is 23.4 Å². The molecule has 0 unspecified atom stereocenters. The predicted molar refractivity (Wildman–Crippen MR) is 91.7 cm³/mol. The van der Waals surface area contributed by atoms with Crippen LogP contribution in [0.3, 0.4) is 0 Å². The molecule has 1 heterocycles. The number of benzene rings is 1. The van der Waals surface area contributed by atoms with Gasteiger partial charge in [-0.25, -0.2) is 0 Å². The van der Waals surface area contributed by atoms with Gasteiger partial charge in [0.1, 0.15) is 11.6 Å². The van der Waals surface area contributed by atoms with E-state index in [9.17, 15) is 9.90 Å². The molecule has 23 heavy (non-hydrogen) atoms. The van der Waals surface area contributed by atoms with Crippen LogP contribution in [-0.2, 0) is 17.8 Å². The topological polar surface area (TPSA) is 80.0 Å². The first-order chi connectivity index (χ1) is 11.0. The fourth-order valence-electron chi connectivity index (χ4n) is 2.13. The van der Waals surface area contributed by atoms with Gasteiger partial charge >= 0.3 is 0 Å². The maximum atomic E-state index is 12.0. The lowest BCUT2D eigenvalue weighted by Crippen LogP contribution is -2.15. The average molecular weight is 334 g/mol. The minimum atomic E-state index is -0.186. The number of anilines is 1. The summed E-state index contributed by atoms with van der Waals surface area (Å²) in [7, 11) is 0. The Kier molecular flexibility index (Phi) is 6.04. The second-order valence-corrected chi connectivity index (χ2v) is 6.55. The van der Waals surface area contributed by atoms with Gasteiger partial charge in [0.2, 0.25) is 5.91 Å². The third-order valence-electron chi connectivity index (χ3n) is 3.17. The number of para-hydroxylation sites is 2. The van der Waals surface area contributed by atoms with Crippen molar-refractivity contribution < 1.29 is 9.90 Å². The van der Waals surface area contributed by atoms with Gasteiger partial charge in [-0.1, -0.05) is 44.7 Å². The number of thioether (sulfide) groups is 1. The van der Waals surface area contributed by atoms with E-state index in [0.29, 0.717) is 11.6 Å². The van der Waals surface area contributed by atoms with Gasteiger partial charge in [-0.15, -0.1) is 10.2 Å². The fraction of sp³-hybridized carbons (Fsp3) is 0.438. The molecule has 1 aromatic carbocycles. The molecule has 0 spiro atoms. The van der Waals surface area contributed by atoms with E-state index in [0.717, 1.165) is 23.9 Å². The van der Waals surface area contributed by atoms with Gasteiger partial charge in [-0.05, 0) is 18.1 Å². The summed E-state index contributed by atoms with van der Waals surface area (Å²) in [5, 5.41) is 21.5. The highest BCUT2D eigenvalue weighted by atomic mass is 32.2. The van der Waals surface area contributed by atoms with Crippen molar-refractivity contribution in [2.75, 3.05) is 11.1 Å². The standard InChI is InChI=1S/C16H22N4O2S/c1-4-14-18-19-16(20(14)9-11(2)3)23-10-15(22)17-12-7-5-6-8-13(12)21/h5-8,11,21H,4,9-10H2,1-3H3,(H,17,22). The number of hydrogen-bond donors (Lipinski definition) is 2. The minimum absolute atomic E-state index is 0.0575. The molecule has 0 aliphatic rings. The summed E-state index contributed by atoms with van der Waals surface area (Å²) in [6, 6.07) is 6.67. The van der Waals surface area contributed by atoms with Gasteiger partial charge in [0.05, 0.1) is 11.4 Å². The van der Waals surface area contributed by atoms with Crippen LogP contribution in [-0.4, -0.2) is 31.5 Å². The second-order valence-electron chi connectivity index (χ2n) is 5.61. The van der Waals surface area contributed by atoms with Crippen molar-refractivity contribution in [1.82, 2.24) is 14.8 Å². The van der Waals surface area contributed by atoms with Crippen molar-refractivity contribution in [2.45, 2.75) is 38.9 Å². The van der Waals surface area contributed by atoms with E-state index in [4.69, 9.17) is 0 Å². The van der Waals surface area contributed by atoms with Crippen LogP contribution in [0.15, 0.2) is 29.4 Å². The van der Waals surface area contributed by atoms with Gasteiger partial charge in [-0.2, -0.15) is 0 Å². The van der Waals surface area contributed by atoms with Crippen LogP contribution in [0.2, 0.25) is 0 Å². The zero-order valence-electron chi connectivity index (χ0n) is 13.6. The Balaban J connectivity index is 1.99. The first kappa shape index (κ1) is 17.3. The zero-order valence-corrected chi connectivity index (χ0v) is 14.4. The molecule has 1 amide bonds. The SMILES string of the molecule is CCc1nnc(SCC(=O)Nc2ccccc2O)n1CC(C)C. The Labute approximate surface area is 140 Å². The molecule has 124 valence electrons. The first-order valence-electron chi connectivity index (χ1n) is 7.64. The minimum Gasteiger partial charge on any atom is -0.506 e. The van der Waals surface area contributed by atoms with E-state index >= 15 is 0 Å². The summed E-state index contributed by atoms with van der Waals surface area (Å²) in [5.74, 6) is 1.50. The summed E-state index contributed by atoms with van der Waals surface area (Å²) >= 11 is 1.35. The van der Waals surface area contributed by atoms with E-state index in [1.807, 2.05) is 6.92 Å². The summed E-state index contributed by atoms with van der Waals surface area (Å²) in [6.45, 7) is 7.15. The average Bonchev–Trinajstić information content (AvgIpc) is 2.89. The fourth-order valence-corrected chi connectivity index (χ4v) is 2.90. The summed E-state index contributed by atoms with van der Waals surface area (Å²) in [6.07, 6.45) is 0.810. The van der Waals surface area contributed by atoms with E-state index in [1.54, 1.807) is 18.2 Å². The second kappa shape index (κ2) is 8.01. The van der Waals surface area contributed by atoms with E-state index in [1.165, 1.54) is 17.8 Å². The monoisotopic (exact) mass is 334 g/mol. The number of nitrogens with zero attached hydrogens (tertiary/aromatic N) is 3. The largest absolute Gasteiger partial charge is 0.506 e. The maximum absolute atomic E-state index is 12.0. The number of aryl methyl sites for hydroxylation is 1. The lowest BCUT2D eigenvalue weighted by atomic mass is 10.2. The van der Waals surface area contributed by atoms with Crippen LogP contribution in [0.1, 0.15) is 26.6 Å². The van der Waals surface area contributed by atoms with E-state index < -0.39 is 0 Å². The van der Waals surface area contributed by atoms with Crippen molar-refractivity contribution in [1.29, 1.82) is 0 Å². The number of hydrogen-bond acceptors (Lipinski definition) is 5. The Hall–Kier alpha value is -2.02. The number of aromatic nitrogens is 3. The lowest BCUT2D eigenvalue weighted by molar-refractivity contribution is -0.113. The molecule has 0 bridgehead atoms. The molecule has 0 atom stereocenters. The Morgan fingerprint density at radius 1 is 1.35 bits per heavy atom. The maximum Gasteiger partial charge on any atom is 0.234 e. The molecule has 0 aliphatic heterocycles. The molecular formula is C16H22N4O2S. The van der Waals surface area contributed by atoms with Crippen LogP contribution in [0.25, 0.3) is 0 Å². The molecule has 0 saturated heterocycles. The van der Waals surface area contributed by atoms with Crippen molar-refractivity contribution in [3.05, 3.63) is 30.1 Å². The highest BCUT2D eigenvalue weighted by Crippen LogP contribution is 2.23. The summed E-state index contributed by atoms with van der Waals surface area (Å²) < 4.78 is 2.07. The van der Waals surface area contributed by atoms with Crippen molar-refractivity contribution in [2.24, 2.45) is 5.92 Å². The summed E-state index contributed by atoms with van der Waals surface area (Å²) in [5.41, 5.74) is 0.413. The predicted octanol–water partition coefficient (Wildman–Crippen LogP) is 2.93. The molecule has 7 heteroatoms. The third-order valence-corrected chi connectivity index (χ3v) is 4.13. The molecule has 1 aromatic heterocycles. The van der Waals surface area contributed by atoms with Crippen LogP contribution >= 0.6 is 11.8 Å².